The normalized spacial score (nSPS) is 11.2. The molecule has 1 amide bonds. The van der Waals surface area contributed by atoms with E-state index in [4.69, 9.17) is 14.2 Å². The van der Waals surface area contributed by atoms with Crippen molar-refractivity contribution in [2.75, 3.05) is 39.2 Å². The van der Waals surface area contributed by atoms with Crippen molar-refractivity contribution in [3.05, 3.63) is 54.6 Å². The van der Waals surface area contributed by atoms with E-state index in [2.05, 4.69) is 11.9 Å². The van der Waals surface area contributed by atoms with Gasteiger partial charge in [0.15, 0.2) is 18.1 Å². The maximum absolute atomic E-state index is 12.8. The maximum Gasteiger partial charge on any atom is 0.262 e. The summed E-state index contributed by atoms with van der Waals surface area (Å²) in [4.78, 5) is 12.6. The monoisotopic (exact) mass is 462 g/mol. The lowest BCUT2D eigenvalue weighted by molar-refractivity contribution is -0.118. The molecule has 174 valence electrons. The number of carbonyl (C=O) groups excluding carboxylic acids is 1. The van der Waals surface area contributed by atoms with Crippen molar-refractivity contribution in [2.24, 2.45) is 0 Å². The van der Waals surface area contributed by atoms with Crippen molar-refractivity contribution in [1.82, 2.24) is 4.31 Å². The number of hydrogen-bond acceptors (Lipinski definition) is 6. The molecule has 9 heteroatoms. The molecule has 0 fully saturated rings. The molecular formula is C23H30N2O6S. The number of sulfonamides is 1. The number of ether oxygens (including phenoxy) is 3. The average Bonchev–Trinajstić information content (AvgIpc) is 2.78. The van der Waals surface area contributed by atoms with Gasteiger partial charge in [0.2, 0.25) is 10.0 Å². The van der Waals surface area contributed by atoms with E-state index in [0.717, 1.165) is 5.56 Å². The molecule has 0 radical (unpaired) electrons. The van der Waals surface area contributed by atoms with Crippen LogP contribution in [0, 0.1) is 0 Å². The number of carbonyl (C=O) groups is 1. The first-order valence-corrected chi connectivity index (χ1v) is 11.6. The molecule has 0 aliphatic rings. The predicted octanol–water partition coefficient (Wildman–Crippen LogP) is 3.48. The van der Waals surface area contributed by atoms with E-state index in [0.29, 0.717) is 36.8 Å². The number of methoxy groups -OCH3 is 2. The zero-order chi connectivity index (χ0) is 23.7. The fourth-order valence-electron chi connectivity index (χ4n) is 3.11. The third kappa shape index (κ3) is 6.02. The largest absolute Gasteiger partial charge is 0.495 e. The molecule has 0 heterocycles. The highest BCUT2D eigenvalue weighted by Crippen LogP contribution is 2.30. The molecule has 0 saturated heterocycles. The minimum absolute atomic E-state index is 0.0673. The molecule has 2 aromatic carbocycles. The van der Waals surface area contributed by atoms with E-state index in [1.54, 1.807) is 26.0 Å². The lowest BCUT2D eigenvalue weighted by atomic mass is 10.1. The second-order valence-electron chi connectivity index (χ2n) is 6.77. The molecule has 8 nitrogen and oxygen atoms in total. The molecule has 0 aromatic heterocycles. The van der Waals surface area contributed by atoms with E-state index in [9.17, 15) is 13.2 Å². The first-order chi connectivity index (χ1) is 15.3. The van der Waals surface area contributed by atoms with E-state index >= 15 is 0 Å². The molecule has 32 heavy (non-hydrogen) atoms. The van der Waals surface area contributed by atoms with E-state index in [-0.39, 0.29) is 17.2 Å². The van der Waals surface area contributed by atoms with Gasteiger partial charge in [-0.05, 0) is 42.3 Å². The highest BCUT2D eigenvalue weighted by Gasteiger charge is 2.23. The Morgan fingerprint density at radius 3 is 2.28 bits per heavy atom. The molecule has 0 spiro atoms. The lowest BCUT2D eigenvalue weighted by Gasteiger charge is -2.19. The molecule has 0 saturated carbocycles. The Kier molecular flexibility index (Phi) is 9.10. The average molecular weight is 463 g/mol. The summed E-state index contributed by atoms with van der Waals surface area (Å²) in [5.41, 5.74) is 1.24. The van der Waals surface area contributed by atoms with Gasteiger partial charge in [0.25, 0.3) is 5.91 Å². The Bertz CT molecular complexity index is 1050. The van der Waals surface area contributed by atoms with Crippen molar-refractivity contribution < 1.29 is 27.4 Å². The number of benzene rings is 2. The van der Waals surface area contributed by atoms with Gasteiger partial charge in [-0.25, -0.2) is 8.42 Å². The van der Waals surface area contributed by atoms with Crippen LogP contribution in [0.4, 0.5) is 5.69 Å². The zero-order valence-corrected chi connectivity index (χ0v) is 19.7. The van der Waals surface area contributed by atoms with Gasteiger partial charge in [-0.3, -0.25) is 4.79 Å². The molecule has 2 rings (SSSR count). The van der Waals surface area contributed by atoms with E-state index < -0.39 is 15.9 Å². The molecule has 0 aliphatic carbocycles. The molecule has 0 aliphatic heterocycles. The molecule has 0 bridgehead atoms. The van der Waals surface area contributed by atoms with Crippen LogP contribution >= 0.6 is 0 Å². The summed E-state index contributed by atoms with van der Waals surface area (Å²) in [7, 11) is -0.725. The van der Waals surface area contributed by atoms with Crippen LogP contribution in [0.1, 0.15) is 19.4 Å². The highest BCUT2D eigenvalue weighted by atomic mass is 32.2. The predicted molar refractivity (Wildman–Crippen MR) is 124 cm³/mol. The number of allylic oxidation sites excluding steroid dienone is 1. The molecule has 0 atom stereocenters. The Hall–Kier alpha value is -3.04. The summed E-state index contributed by atoms with van der Waals surface area (Å²) < 4.78 is 43.2. The van der Waals surface area contributed by atoms with E-state index in [1.807, 2.05) is 12.1 Å². The third-order valence-corrected chi connectivity index (χ3v) is 6.80. The van der Waals surface area contributed by atoms with Crippen molar-refractivity contribution in [3.8, 4) is 17.2 Å². The van der Waals surface area contributed by atoms with Crippen molar-refractivity contribution in [3.63, 3.8) is 0 Å². The third-order valence-electron chi connectivity index (χ3n) is 4.76. The number of nitrogens with zero attached hydrogens (tertiary/aromatic N) is 1. The van der Waals surface area contributed by atoms with Crippen LogP contribution in [0.2, 0.25) is 0 Å². The van der Waals surface area contributed by atoms with Crippen LogP contribution in [-0.4, -0.2) is 52.5 Å². The van der Waals surface area contributed by atoms with Crippen LogP contribution in [0.5, 0.6) is 17.2 Å². The first-order valence-electron chi connectivity index (χ1n) is 10.2. The van der Waals surface area contributed by atoms with Crippen LogP contribution in [0.15, 0.2) is 53.9 Å². The zero-order valence-electron chi connectivity index (χ0n) is 18.9. The van der Waals surface area contributed by atoms with Gasteiger partial charge < -0.3 is 19.5 Å². The smallest absolute Gasteiger partial charge is 0.262 e. The minimum atomic E-state index is -3.69. The Morgan fingerprint density at radius 1 is 1.03 bits per heavy atom. The number of amides is 1. The van der Waals surface area contributed by atoms with Crippen molar-refractivity contribution >= 4 is 21.6 Å². The van der Waals surface area contributed by atoms with Crippen LogP contribution in [-0.2, 0) is 21.2 Å². The summed E-state index contributed by atoms with van der Waals surface area (Å²) in [6, 6.07) is 9.75. The summed E-state index contributed by atoms with van der Waals surface area (Å²) in [6.45, 7) is 7.63. The number of anilines is 1. The second kappa shape index (κ2) is 11.5. The van der Waals surface area contributed by atoms with Gasteiger partial charge in [-0.15, -0.1) is 6.58 Å². The van der Waals surface area contributed by atoms with Gasteiger partial charge in [-0.2, -0.15) is 4.31 Å². The molecule has 1 N–H and O–H groups in total. The Labute approximate surface area is 189 Å². The second-order valence-corrected chi connectivity index (χ2v) is 8.70. The standard InChI is InChI=1S/C23H30N2O6S/c1-6-9-17-10-12-21(22(14-17)30-5)31-16-23(26)24-19-15-18(11-13-20(19)29-4)32(27,28)25(7-2)8-3/h6,10-15H,1,7-9,16H2,2-5H3,(H,24,26). The summed E-state index contributed by atoms with van der Waals surface area (Å²) in [5, 5.41) is 2.66. The molecular weight excluding hydrogens is 432 g/mol. The minimum Gasteiger partial charge on any atom is -0.495 e. The fraction of sp³-hybridized carbons (Fsp3) is 0.348. The van der Waals surface area contributed by atoms with Crippen molar-refractivity contribution in [2.45, 2.75) is 25.2 Å². The summed E-state index contributed by atoms with van der Waals surface area (Å²) >= 11 is 0. The van der Waals surface area contributed by atoms with Gasteiger partial charge in [0.1, 0.15) is 5.75 Å². The fourth-order valence-corrected chi connectivity index (χ4v) is 4.60. The molecule has 0 unspecified atom stereocenters. The Morgan fingerprint density at radius 2 is 1.69 bits per heavy atom. The lowest BCUT2D eigenvalue weighted by Crippen LogP contribution is -2.30. The summed E-state index contributed by atoms with van der Waals surface area (Å²) in [5.74, 6) is 0.781. The highest BCUT2D eigenvalue weighted by molar-refractivity contribution is 7.89. The summed E-state index contributed by atoms with van der Waals surface area (Å²) in [6.07, 6.45) is 2.47. The Balaban J connectivity index is 2.18. The van der Waals surface area contributed by atoms with Crippen LogP contribution < -0.4 is 19.5 Å². The quantitative estimate of drug-likeness (QED) is 0.486. The number of hydrogen-bond donors (Lipinski definition) is 1. The number of rotatable bonds is 12. The van der Waals surface area contributed by atoms with Gasteiger partial charge in [0, 0.05) is 13.1 Å². The topological polar surface area (TPSA) is 94.2 Å². The maximum atomic E-state index is 12.8. The van der Waals surface area contributed by atoms with Gasteiger partial charge >= 0.3 is 0 Å². The first kappa shape index (κ1) is 25.2. The van der Waals surface area contributed by atoms with Gasteiger partial charge in [0.05, 0.1) is 24.8 Å². The van der Waals surface area contributed by atoms with E-state index in [1.165, 1.54) is 36.7 Å². The van der Waals surface area contributed by atoms with Crippen molar-refractivity contribution in [1.29, 1.82) is 0 Å². The van der Waals surface area contributed by atoms with Crippen LogP contribution in [0.3, 0.4) is 0 Å². The number of nitrogens with one attached hydrogen (secondary N) is 1. The molecule has 2 aromatic rings. The SMILES string of the molecule is C=CCc1ccc(OCC(=O)Nc2cc(S(=O)(=O)N(CC)CC)ccc2OC)c(OC)c1. The van der Waals surface area contributed by atoms with Gasteiger partial charge in [-0.1, -0.05) is 26.0 Å². The van der Waals surface area contributed by atoms with Crippen LogP contribution in [0.25, 0.3) is 0 Å².